The lowest BCUT2D eigenvalue weighted by atomic mass is 10.5. The molecular formula is C6H10O4S2. The molecule has 0 aliphatic heterocycles. The zero-order valence-electron chi connectivity index (χ0n) is 6.36. The standard InChI is InChI=1S/C6H10O4S2/c7-5(10-4-12)1-2-9-6(8)3-11/h11-12H,1-4H2. The van der Waals surface area contributed by atoms with Crippen LogP contribution in [0, 0.1) is 0 Å². The fourth-order valence-corrected chi connectivity index (χ4v) is 0.673. The monoisotopic (exact) mass is 210 g/mol. The molecule has 12 heavy (non-hydrogen) atoms. The average molecular weight is 210 g/mol. The average Bonchev–Trinajstić information content (AvgIpc) is 2.04. The number of ether oxygens (including phenoxy) is 2. The Balaban J connectivity index is 3.30. The molecule has 0 N–H and O–H groups in total. The molecule has 0 aromatic heterocycles. The molecule has 0 atom stereocenters. The second-order valence-corrected chi connectivity index (χ2v) is 2.35. The van der Waals surface area contributed by atoms with Gasteiger partial charge >= 0.3 is 11.9 Å². The predicted molar refractivity (Wildman–Crippen MR) is 49.4 cm³/mol. The van der Waals surface area contributed by atoms with Crippen LogP contribution in [0.15, 0.2) is 0 Å². The summed E-state index contributed by atoms with van der Waals surface area (Å²) >= 11 is 7.36. The topological polar surface area (TPSA) is 52.6 Å². The Morgan fingerprint density at radius 3 is 2.25 bits per heavy atom. The summed E-state index contributed by atoms with van der Waals surface area (Å²) in [5, 5.41) is 0. The minimum absolute atomic E-state index is 0.0155. The lowest BCUT2D eigenvalue weighted by molar-refractivity contribution is -0.146. The van der Waals surface area contributed by atoms with Gasteiger partial charge in [-0.1, -0.05) is 0 Å². The Labute approximate surface area is 81.4 Å². The van der Waals surface area contributed by atoms with Gasteiger partial charge in [-0.3, -0.25) is 9.59 Å². The van der Waals surface area contributed by atoms with E-state index in [2.05, 4.69) is 34.7 Å². The van der Waals surface area contributed by atoms with Gasteiger partial charge in [0.05, 0.1) is 12.2 Å². The highest BCUT2D eigenvalue weighted by Gasteiger charge is 2.03. The van der Waals surface area contributed by atoms with Crippen LogP contribution in [0.4, 0.5) is 0 Å². The normalized spacial score (nSPS) is 9.17. The number of thiol groups is 2. The van der Waals surface area contributed by atoms with E-state index in [1.807, 2.05) is 0 Å². The molecule has 0 saturated carbocycles. The Kier molecular flexibility index (Phi) is 7.08. The fraction of sp³-hybridized carbons (Fsp3) is 0.667. The first-order valence-electron chi connectivity index (χ1n) is 3.23. The van der Waals surface area contributed by atoms with E-state index in [1.165, 1.54) is 0 Å². The summed E-state index contributed by atoms with van der Waals surface area (Å²) < 4.78 is 9.04. The zero-order valence-corrected chi connectivity index (χ0v) is 8.14. The molecule has 0 heterocycles. The van der Waals surface area contributed by atoms with Crippen LogP contribution >= 0.6 is 25.3 Å². The lowest BCUT2D eigenvalue weighted by Crippen LogP contribution is -2.12. The maximum absolute atomic E-state index is 10.6. The summed E-state index contributed by atoms with van der Waals surface area (Å²) in [5.74, 6) is -0.824. The number of hydrogen-bond donors (Lipinski definition) is 2. The molecule has 4 nitrogen and oxygen atoms in total. The molecule has 0 saturated heterocycles. The van der Waals surface area contributed by atoms with E-state index in [-0.39, 0.29) is 24.7 Å². The molecule has 0 rings (SSSR count). The third-order valence-corrected chi connectivity index (χ3v) is 1.31. The van der Waals surface area contributed by atoms with Gasteiger partial charge in [0, 0.05) is 0 Å². The molecule has 0 aliphatic rings. The quantitative estimate of drug-likeness (QED) is 0.389. The van der Waals surface area contributed by atoms with Gasteiger partial charge in [0.2, 0.25) is 0 Å². The van der Waals surface area contributed by atoms with Crippen LogP contribution in [0.5, 0.6) is 0 Å². The van der Waals surface area contributed by atoms with Crippen LogP contribution < -0.4 is 0 Å². The summed E-state index contributed by atoms with van der Waals surface area (Å²) in [7, 11) is 0. The van der Waals surface area contributed by atoms with Crippen molar-refractivity contribution in [3.05, 3.63) is 0 Å². The third-order valence-electron chi connectivity index (χ3n) is 0.924. The van der Waals surface area contributed by atoms with Gasteiger partial charge in [0.15, 0.2) is 0 Å². The summed E-state index contributed by atoms with van der Waals surface area (Å²) in [5.41, 5.74) is 0. The molecule has 0 aliphatic carbocycles. The molecular weight excluding hydrogens is 200 g/mol. The first kappa shape index (κ1) is 11.6. The largest absolute Gasteiger partial charge is 0.464 e. The van der Waals surface area contributed by atoms with Gasteiger partial charge in [0.25, 0.3) is 0 Å². The summed E-state index contributed by atoms with van der Waals surface area (Å²) in [6.45, 7) is 0.0337. The van der Waals surface area contributed by atoms with Crippen molar-refractivity contribution in [3.63, 3.8) is 0 Å². The second kappa shape index (κ2) is 7.30. The van der Waals surface area contributed by atoms with E-state index in [0.717, 1.165) is 0 Å². The van der Waals surface area contributed by atoms with Crippen LogP contribution in [0.25, 0.3) is 0 Å². The molecule has 0 bridgehead atoms. The van der Waals surface area contributed by atoms with Crippen molar-refractivity contribution < 1.29 is 19.1 Å². The molecule has 6 heteroatoms. The van der Waals surface area contributed by atoms with Gasteiger partial charge < -0.3 is 9.47 Å². The van der Waals surface area contributed by atoms with E-state index in [4.69, 9.17) is 0 Å². The second-order valence-electron chi connectivity index (χ2n) is 1.77. The fourth-order valence-electron chi connectivity index (χ4n) is 0.438. The van der Waals surface area contributed by atoms with Crippen LogP contribution in [0.1, 0.15) is 6.42 Å². The lowest BCUT2D eigenvalue weighted by Gasteiger charge is -2.01. The maximum atomic E-state index is 10.6. The zero-order chi connectivity index (χ0) is 9.40. The smallest absolute Gasteiger partial charge is 0.315 e. The van der Waals surface area contributed by atoms with E-state index < -0.39 is 11.9 Å². The highest BCUT2D eigenvalue weighted by molar-refractivity contribution is 7.81. The first-order chi connectivity index (χ1) is 5.70. The van der Waals surface area contributed by atoms with Crippen molar-refractivity contribution in [2.45, 2.75) is 6.42 Å². The SMILES string of the molecule is O=C(CS)OCCC(=O)OCS. The van der Waals surface area contributed by atoms with Gasteiger partial charge in [-0.15, -0.1) is 12.6 Å². The van der Waals surface area contributed by atoms with Crippen LogP contribution in [-0.4, -0.2) is 30.2 Å². The van der Waals surface area contributed by atoms with Crippen molar-refractivity contribution >= 4 is 37.2 Å². The summed E-state index contributed by atoms with van der Waals surface area (Å²) in [6.07, 6.45) is 0.0556. The minimum Gasteiger partial charge on any atom is -0.464 e. The maximum Gasteiger partial charge on any atom is 0.315 e. The molecule has 0 unspecified atom stereocenters. The van der Waals surface area contributed by atoms with Gasteiger partial charge in [-0.05, 0) is 0 Å². The van der Waals surface area contributed by atoms with Crippen LogP contribution in [-0.2, 0) is 19.1 Å². The van der Waals surface area contributed by atoms with Crippen molar-refractivity contribution in [2.75, 3.05) is 18.3 Å². The number of carbonyl (C=O) groups is 2. The Bertz CT molecular complexity index is 160. The van der Waals surface area contributed by atoms with E-state index in [1.54, 1.807) is 0 Å². The van der Waals surface area contributed by atoms with Crippen molar-refractivity contribution in [2.24, 2.45) is 0 Å². The minimum atomic E-state index is -0.447. The highest BCUT2D eigenvalue weighted by Crippen LogP contribution is 1.90. The van der Waals surface area contributed by atoms with Crippen molar-refractivity contribution in [1.29, 1.82) is 0 Å². The van der Waals surface area contributed by atoms with E-state index in [0.29, 0.717) is 0 Å². The third kappa shape index (κ3) is 6.36. The first-order valence-corrected chi connectivity index (χ1v) is 4.50. The molecule has 0 fully saturated rings. The Morgan fingerprint density at radius 2 is 1.75 bits per heavy atom. The molecule has 70 valence electrons. The number of esters is 2. The summed E-state index contributed by atoms with van der Waals surface area (Å²) in [6, 6.07) is 0. The summed E-state index contributed by atoms with van der Waals surface area (Å²) in [4.78, 5) is 21.1. The number of rotatable bonds is 5. The van der Waals surface area contributed by atoms with Gasteiger partial charge in [0.1, 0.15) is 12.5 Å². The van der Waals surface area contributed by atoms with Gasteiger partial charge in [-0.25, -0.2) is 0 Å². The molecule has 0 radical (unpaired) electrons. The Morgan fingerprint density at radius 1 is 1.08 bits per heavy atom. The van der Waals surface area contributed by atoms with E-state index >= 15 is 0 Å². The van der Waals surface area contributed by atoms with E-state index in [9.17, 15) is 9.59 Å². The predicted octanol–water partition coefficient (Wildman–Crippen LogP) is 0.280. The molecule has 0 aromatic carbocycles. The number of carbonyl (C=O) groups excluding carboxylic acids is 2. The van der Waals surface area contributed by atoms with Crippen molar-refractivity contribution in [1.82, 2.24) is 0 Å². The molecule has 0 amide bonds. The molecule has 0 spiro atoms. The number of hydrogen-bond acceptors (Lipinski definition) is 6. The van der Waals surface area contributed by atoms with Crippen molar-refractivity contribution in [3.8, 4) is 0 Å². The molecule has 0 aromatic rings. The van der Waals surface area contributed by atoms with Crippen LogP contribution in [0.2, 0.25) is 0 Å². The Hall–Kier alpha value is -0.360. The van der Waals surface area contributed by atoms with Gasteiger partial charge in [-0.2, -0.15) is 12.6 Å². The van der Waals surface area contributed by atoms with Crippen LogP contribution in [0.3, 0.4) is 0 Å². The highest BCUT2D eigenvalue weighted by atomic mass is 32.1.